The summed E-state index contributed by atoms with van der Waals surface area (Å²) in [6.07, 6.45) is 6.31. The van der Waals surface area contributed by atoms with Gasteiger partial charge in [0.25, 0.3) is 0 Å². The molecule has 0 amide bonds. The van der Waals surface area contributed by atoms with Crippen LogP contribution < -0.4 is 16.2 Å². The van der Waals surface area contributed by atoms with E-state index in [1.165, 1.54) is 44.2 Å². The molecular formula is C14H23N3O2S. The minimum Gasteiger partial charge on any atom is -0.397 e. The maximum atomic E-state index is 11.3. The molecule has 5 N–H and O–H groups in total. The Balaban J connectivity index is 2.07. The first kappa shape index (κ1) is 15.1. The van der Waals surface area contributed by atoms with Gasteiger partial charge in [0.15, 0.2) is 0 Å². The number of rotatable bonds is 4. The van der Waals surface area contributed by atoms with Crippen molar-refractivity contribution >= 4 is 21.4 Å². The number of nitrogens with one attached hydrogen (secondary N) is 1. The lowest BCUT2D eigenvalue weighted by atomic mass is 9.76. The first-order valence-electron chi connectivity index (χ1n) is 6.96. The van der Waals surface area contributed by atoms with Gasteiger partial charge in [-0.05, 0) is 36.5 Å². The molecule has 1 aliphatic carbocycles. The van der Waals surface area contributed by atoms with Gasteiger partial charge in [0.05, 0.1) is 16.3 Å². The molecule has 0 atom stereocenters. The normalized spacial score (nSPS) is 18.7. The lowest BCUT2D eigenvalue weighted by Gasteiger charge is -2.34. The summed E-state index contributed by atoms with van der Waals surface area (Å²) in [6, 6.07) is 4.57. The highest BCUT2D eigenvalue weighted by Crippen LogP contribution is 2.36. The van der Waals surface area contributed by atoms with Crippen molar-refractivity contribution < 1.29 is 8.42 Å². The maximum absolute atomic E-state index is 11.3. The van der Waals surface area contributed by atoms with Gasteiger partial charge in [-0.15, -0.1) is 0 Å². The largest absolute Gasteiger partial charge is 0.397 e. The molecule has 5 nitrogen and oxygen atoms in total. The van der Waals surface area contributed by atoms with Crippen LogP contribution in [0.15, 0.2) is 23.1 Å². The molecule has 1 aromatic carbocycles. The summed E-state index contributed by atoms with van der Waals surface area (Å²) in [5.74, 6) is 0. The molecule has 0 spiro atoms. The third-order valence-electron chi connectivity index (χ3n) is 4.12. The van der Waals surface area contributed by atoms with Crippen LogP contribution in [0.1, 0.15) is 39.0 Å². The number of hydrogen-bond donors (Lipinski definition) is 3. The molecule has 6 heteroatoms. The third-order valence-corrected chi connectivity index (χ3v) is 5.03. The zero-order chi connectivity index (χ0) is 14.8. The molecule has 0 saturated heterocycles. The van der Waals surface area contributed by atoms with Crippen molar-refractivity contribution in [1.29, 1.82) is 0 Å². The van der Waals surface area contributed by atoms with E-state index < -0.39 is 10.0 Å². The summed E-state index contributed by atoms with van der Waals surface area (Å²) in [4.78, 5) is 0.0458. The number of nitrogens with two attached hydrogens (primary N) is 2. The zero-order valence-electron chi connectivity index (χ0n) is 11.9. The van der Waals surface area contributed by atoms with E-state index in [1.807, 2.05) is 0 Å². The molecule has 1 aliphatic rings. The topological polar surface area (TPSA) is 98.2 Å². The van der Waals surface area contributed by atoms with Gasteiger partial charge in [-0.2, -0.15) is 0 Å². The van der Waals surface area contributed by atoms with Gasteiger partial charge in [0, 0.05) is 6.54 Å². The van der Waals surface area contributed by atoms with Crippen molar-refractivity contribution in [3.63, 3.8) is 0 Å². The quantitative estimate of drug-likeness (QED) is 0.743. The smallest absolute Gasteiger partial charge is 0.238 e. The highest BCUT2D eigenvalue weighted by molar-refractivity contribution is 7.89. The van der Waals surface area contributed by atoms with Gasteiger partial charge in [0.2, 0.25) is 10.0 Å². The second kappa shape index (κ2) is 5.61. The first-order chi connectivity index (χ1) is 9.30. The van der Waals surface area contributed by atoms with E-state index in [-0.39, 0.29) is 4.90 Å². The average Bonchev–Trinajstić information content (AvgIpc) is 2.37. The number of anilines is 2. The maximum Gasteiger partial charge on any atom is 0.238 e. The lowest BCUT2D eigenvalue weighted by molar-refractivity contribution is 0.233. The molecule has 2 rings (SSSR count). The van der Waals surface area contributed by atoms with Gasteiger partial charge < -0.3 is 11.1 Å². The highest BCUT2D eigenvalue weighted by Gasteiger charge is 2.26. The first-order valence-corrected chi connectivity index (χ1v) is 8.51. The van der Waals surface area contributed by atoms with E-state index in [4.69, 9.17) is 10.9 Å². The third kappa shape index (κ3) is 3.64. The zero-order valence-corrected chi connectivity index (χ0v) is 12.7. The van der Waals surface area contributed by atoms with Crippen LogP contribution >= 0.6 is 0 Å². The Hall–Kier alpha value is -1.27. The molecule has 0 unspecified atom stereocenters. The number of primary sulfonamides is 1. The fourth-order valence-electron chi connectivity index (χ4n) is 2.77. The SMILES string of the molecule is CC1(CNc2ccc(S(N)(=O)=O)cc2N)CCCCC1. The summed E-state index contributed by atoms with van der Waals surface area (Å²) < 4.78 is 22.5. The molecule has 0 aromatic heterocycles. The summed E-state index contributed by atoms with van der Waals surface area (Å²) in [6.45, 7) is 3.14. The van der Waals surface area contributed by atoms with Gasteiger partial charge in [0.1, 0.15) is 0 Å². The predicted octanol–water partition coefficient (Wildman–Crippen LogP) is 2.30. The molecule has 1 saturated carbocycles. The van der Waals surface area contributed by atoms with Crippen LogP contribution in [0.25, 0.3) is 0 Å². The van der Waals surface area contributed by atoms with Crippen LogP contribution in [0.3, 0.4) is 0 Å². The Morgan fingerprint density at radius 1 is 1.25 bits per heavy atom. The van der Waals surface area contributed by atoms with Gasteiger partial charge in [-0.25, -0.2) is 13.6 Å². The van der Waals surface area contributed by atoms with Crippen LogP contribution in [0.2, 0.25) is 0 Å². The van der Waals surface area contributed by atoms with Crippen LogP contribution in [-0.4, -0.2) is 15.0 Å². The van der Waals surface area contributed by atoms with Crippen LogP contribution in [0.5, 0.6) is 0 Å². The molecular weight excluding hydrogens is 274 g/mol. The monoisotopic (exact) mass is 297 g/mol. The minimum absolute atomic E-state index is 0.0458. The predicted molar refractivity (Wildman–Crippen MR) is 81.9 cm³/mol. The van der Waals surface area contributed by atoms with Gasteiger partial charge >= 0.3 is 0 Å². The van der Waals surface area contributed by atoms with E-state index in [9.17, 15) is 8.42 Å². The Morgan fingerprint density at radius 2 is 1.90 bits per heavy atom. The molecule has 0 bridgehead atoms. The molecule has 0 radical (unpaired) electrons. The van der Waals surface area contributed by atoms with Gasteiger partial charge in [-0.1, -0.05) is 26.2 Å². The van der Waals surface area contributed by atoms with Crippen molar-refractivity contribution in [2.24, 2.45) is 10.6 Å². The highest BCUT2D eigenvalue weighted by atomic mass is 32.2. The molecule has 112 valence electrons. The Labute approximate surface area is 120 Å². The number of nitrogen functional groups attached to an aromatic ring is 1. The number of benzene rings is 1. The van der Waals surface area contributed by atoms with Gasteiger partial charge in [-0.3, -0.25) is 0 Å². The summed E-state index contributed by atoms with van der Waals surface area (Å²) in [5.41, 5.74) is 7.37. The standard InChI is InChI=1S/C14H23N3O2S/c1-14(7-3-2-4-8-14)10-17-13-6-5-11(9-12(13)15)20(16,18)19/h5-6,9,17H,2-4,7-8,10,15H2,1H3,(H2,16,18,19). The van der Waals surface area contributed by atoms with Crippen molar-refractivity contribution in [2.75, 3.05) is 17.6 Å². The molecule has 20 heavy (non-hydrogen) atoms. The van der Waals surface area contributed by atoms with Crippen molar-refractivity contribution in [3.8, 4) is 0 Å². The van der Waals surface area contributed by atoms with E-state index in [0.29, 0.717) is 11.1 Å². The summed E-state index contributed by atoms with van der Waals surface area (Å²) in [5, 5.41) is 8.43. The molecule has 1 aromatic rings. The fraction of sp³-hybridized carbons (Fsp3) is 0.571. The summed E-state index contributed by atoms with van der Waals surface area (Å²) >= 11 is 0. The van der Waals surface area contributed by atoms with E-state index >= 15 is 0 Å². The average molecular weight is 297 g/mol. The Bertz CT molecular complexity index is 578. The summed E-state index contributed by atoms with van der Waals surface area (Å²) in [7, 11) is -3.70. The Morgan fingerprint density at radius 3 is 2.45 bits per heavy atom. The lowest BCUT2D eigenvalue weighted by Crippen LogP contribution is -2.29. The molecule has 0 heterocycles. The Kier molecular flexibility index (Phi) is 4.25. The molecule has 1 fully saturated rings. The number of hydrogen-bond acceptors (Lipinski definition) is 4. The van der Waals surface area contributed by atoms with Crippen molar-refractivity contribution in [3.05, 3.63) is 18.2 Å². The fourth-order valence-corrected chi connectivity index (χ4v) is 3.32. The molecule has 0 aliphatic heterocycles. The van der Waals surface area contributed by atoms with E-state index in [0.717, 1.165) is 12.2 Å². The van der Waals surface area contributed by atoms with Crippen LogP contribution in [0.4, 0.5) is 11.4 Å². The second-order valence-electron chi connectivity index (χ2n) is 6.02. The van der Waals surface area contributed by atoms with E-state index in [2.05, 4.69) is 12.2 Å². The number of sulfonamides is 1. The van der Waals surface area contributed by atoms with E-state index in [1.54, 1.807) is 6.07 Å². The second-order valence-corrected chi connectivity index (χ2v) is 7.58. The van der Waals surface area contributed by atoms with Crippen molar-refractivity contribution in [2.45, 2.75) is 43.9 Å². The van der Waals surface area contributed by atoms with Crippen molar-refractivity contribution in [1.82, 2.24) is 0 Å². The van der Waals surface area contributed by atoms with Crippen LogP contribution in [0, 0.1) is 5.41 Å². The van der Waals surface area contributed by atoms with Crippen LogP contribution in [-0.2, 0) is 10.0 Å². The minimum atomic E-state index is -3.70.